The van der Waals surface area contributed by atoms with Crippen molar-refractivity contribution in [3.63, 3.8) is 0 Å². The number of carbonyl (C=O) groups excluding carboxylic acids is 1. The zero-order valence-electron chi connectivity index (χ0n) is 14.1. The zero-order valence-corrected chi connectivity index (χ0v) is 14.1. The fourth-order valence-corrected chi connectivity index (χ4v) is 2.74. The van der Waals surface area contributed by atoms with Crippen LogP contribution in [0.25, 0.3) is 5.69 Å². The third kappa shape index (κ3) is 3.55. The minimum Gasteiger partial charge on any atom is -0.378 e. The van der Waals surface area contributed by atoms with Crippen LogP contribution in [0, 0.1) is 0 Å². The lowest BCUT2D eigenvalue weighted by atomic mass is 10.2. The second-order valence-electron chi connectivity index (χ2n) is 5.84. The van der Waals surface area contributed by atoms with Gasteiger partial charge in [-0.2, -0.15) is 0 Å². The van der Waals surface area contributed by atoms with E-state index in [0.717, 1.165) is 37.7 Å². The molecule has 26 heavy (non-hydrogen) atoms. The van der Waals surface area contributed by atoms with Gasteiger partial charge in [0.05, 0.1) is 18.9 Å². The Bertz CT molecular complexity index is 872. The van der Waals surface area contributed by atoms with Gasteiger partial charge in [0, 0.05) is 24.5 Å². The monoisotopic (exact) mass is 350 g/mol. The summed E-state index contributed by atoms with van der Waals surface area (Å²) in [4.78, 5) is 15.9. The number of anilines is 2. The van der Waals surface area contributed by atoms with Crippen molar-refractivity contribution in [3.8, 4) is 5.69 Å². The predicted molar refractivity (Wildman–Crippen MR) is 96.6 cm³/mol. The van der Waals surface area contributed by atoms with Crippen LogP contribution < -0.4 is 10.2 Å². The van der Waals surface area contributed by atoms with E-state index in [9.17, 15) is 4.79 Å². The SMILES string of the molecule is O=C(Nc1ccc(N2CCOCC2)cc1)c1nnn(-c2ccccc2)n1. The molecule has 0 bridgehead atoms. The molecule has 1 amide bonds. The van der Waals surface area contributed by atoms with Crippen LogP contribution in [0.5, 0.6) is 0 Å². The molecule has 1 N–H and O–H groups in total. The number of ether oxygens (including phenoxy) is 1. The minimum absolute atomic E-state index is 0.0195. The van der Waals surface area contributed by atoms with Crippen molar-refractivity contribution >= 4 is 17.3 Å². The summed E-state index contributed by atoms with van der Waals surface area (Å²) >= 11 is 0. The van der Waals surface area contributed by atoms with Gasteiger partial charge in [0.1, 0.15) is 0 Å². The molecule has 1 aromatic heterocycles. The molecule has 1 aliphatic rings. The van der Waals surface area contributed by atoms with E-state index in [2.05, 4.69) is 25.6 Å². The molecule has 2 heterocycles. The van der Waals surface area contributed by atoms with Crippen LogP contribution in [0.3, 0.4) is 0 Å². The van der Waals surface area contributed by atoms with E-state index < -0.39 is 5.91 Å². The van der Waals surface area contributed by atoms with Crippen molar-refractivity contribution in [2.45, 2.75) is 0 Å². The Morgan fingerprint density at radius 2 is 1.69 bits per heavy atom. The van der Waals surface area contributed by atoms with Gasteiger partial charge in [-0.15, -0.1) is 15.0 Å². The first-order valence-electron chi connectivity index (χ1n) is 8.39. The van der Waals surface area contributed by atoms with Gasteiger partial charge in [-0.05, 0) is 41.6 Å². The van der Waals surface area contributed by atoms with Crippen LogP contribution in [0.1, 0.15) is 10.6 Å². The minimum atomic E-state index is -0.397. The normalized spacial score (nSPS) is 14.2. The van der Waals surface area contributed by atoms with Gasteiger partial charge in [0.15, 0.2) is 0 Å². The highest BCUT2D eigenvalue weighted by Gasteiger charge is 2.15. The number of benzene rings is 2. The summed E-state index contributed by atoms with van der Waals surface area (Å²) in [7, 11) is 0. The Labute approximate surface area is 150 Å². The van der Waals surface area contributed by atoms with Crippen molar-refractivity contribution in [2.75, 3.05) is 36.5 Å². The Morgan fingerprint density at radius 3 is 2.42 bits per heavy atom. The molecule has 2 aromatic carbocycles. The maximum Gasteiger partial charge on any atom is 0.297 e. The van der Waals surface area contributed by atoms with Gasteiger partial charge in [-0.3, -0.25) is 4.79 Å². The number of tetrazole rings is 1. The van der Waals surface area contributed by atoms with E-state index in [1.54, 1.807) is 0 Å². The van der Waals surface area contributed by atoms with E-state index in [0.29, 0.717) is 5.69 Å². The number of nitrogens with one attached hydrogen (secondary N) is 1. The molecule has 4 rings (SSSR count). The topological polar surface area (TPSA) is 85.2 Å². The standard InChI is InChI=1S/C18H18N6O2/c25-18(17-20-22-24(21-17)16-4-2-1-3-5-16)19-14-6-8-15(9-7-14)23-10-12-26-13-11-23/h1-9H,10-13H2,(H,19,25). The number of carbonyl (C=O) groups is 1. The van der Waals surface area contributed by atoms with Gasteiger partial charge >= 0.3 is 0 Å². The van der Waals surface area contributed by atoms with E-state index in [1.165, 1.54) is 4.80 Å². The quantitative estimate of drug-likeness (QED) is 0.772. The molecule has 1 aliphatic heterocycles. The molecule has 8 nitrogen and oxygen atoms in total. The lowest BCUT2D eigenvalue weighted by Crippen LogP contribution is -2.36. The van der Waals surface area contributed by atoms with Crippen LogP contribution >= 0.6 is 0 Å². The van der Waals surface area contributed by atoms with Crippen LogP contribution in [-0.2, 0) is 4.74 Å². The summed E-state index contributed by atoms with van der Waals surface area (Å²) in [5.74, 6) is -0.377. The summed E-state index contributed by atoms with van der Waals surface area (Å²) in [6.45, 7) is 3.22. The summed E-state index contributed by atoms with van der Waals surface area (Å²) in [6, 6.07) is 17.0. The predicted octanol–water partition coefficient (Wildman–Crippen LogP) is 1.75. The van der Waals surface area contributed by atoms with Crippen LogP contribution in [0.2, 0.25) is 0 Å². The average molecular weight is 350 g/mol. The Balaban J connectivity index is 1.42. The second kappa shape index (κ2) is 7.32. The van der Waals surface area contributed by atoms with Gasteiger partial charge in [0.25, 0.3) is 11.7 Å². The number of amides is 1. The maximum absolute atomic E-state index is 12.3. The number of aromatic nitrogens is 4. The van der Waals surface area contributed by atoms with Crippen molar-refractivity contribution in [3.05, 3.63) is 60.4 Å². The Morgan fingerprint density at radius 1 is 0.962 bits per heavy atom. The van der Waals surface area contributed by atoms with E-state index >= 15 is 0 Å². The highest BCUT2D eigenvalue weighted by molar-refractivity contribution is 6.01. The summed E-state index contributed by atoms with van der Waals surface area (Å²) in [5, 5.41) is 14.7. The fourth-order valence-electron chi connectivity index (χ4n) is 2.74. The highest BCUT2D eigenvalue weighted by atomic mass is 16.5. The molecule has 1 fully saturated rings. The maximum atomic E-state index is 12.3. The zero-order chi connectivity index (χ0) is 17.8. The first kappa shape index (κ1) is 16.2. The van der Waals surface area contributed by atoms with Crippen LogP contribution in [0.15, 0.2) is 54.6 Å². The highest BCUT2D eigenvalue weighted by Crippen LogP contribution is 2.19. The van der Waals surface area contributed by atoms with Crippen molar-refractivity contribution in [1.82, 2.24) is 20.2 Å². The van der Waals surface area contributed by atoms with Crippen molar-refractivity contribution in [2.24, 2.45) is 0 Å². The third-order valence-corrected chi connectivity index (χ3v) is 4.11. The molecular weight excluding hydrogens is 332 g/mol. The number of nitrogens with zero attached hydrogens (tertiary/aromatic N) is 5. The molecule has 0 unspecified atom stereocenters. The molecule has 3 aromatic rings. The van der Waals surface area contributed by atoms with Gasteiger partial charge in [-0.1, -0.05) is 18.2 Å². The average Bonchev–Trinajstić information content (AvgIpc) is 3.20. The van der Waals surface area contributed by atoms with Gasteiger partial charge in [-0.25, -0.2) is 0 Å². The molecular formula is C18H18N6O2. The Hall–Kier alpha value is -3.26. The van der Waals surface area contributed by atoms with Crippen LogP contribution in [0.4, 0.5) is 11.4 Å². The number of para-hydroxylation sites is 1. The molecule has 8 heteroatoms. The number of hydrogen-bond acceptors (Lipinski definition) is 6. The first-order valence-corrected chi connectivity index (χ1v) is 8.39. The lowest BCUT2D eigenvalue weighted by Gasteiger charge is -2.28. The molecule has 132 valence electrons. The smallest absolute Gasteiger partial charge is 0.297 e. The summed E-state index contributed by atoms with van der Waals surface area (Å²) in [6.07, 6.45) is 0. The molecule has 0 aliphatic carbocycles. The van der Waals surface area contributed by atoms with Gasteiger partial charge in [0.2, 0.25) is 0 Å². The molecule has 0 spiro atoms. The largest absolute Gasteiger partial charge is 0.378 e. The summed E-state index contributed by atoms with van der Waals surface area (Å²) < 4.78 is 5.36. The fraction of sp³-hybridized carbons (Fsp3) is 0.222. The van der Waals surface area contributed by atoms with E-state index in [1.807, 2.05) is 54.6 Å². The molecule has 0 atom stereocenters. The first-order chi connectivity index (χ1) is 12.8. The number of hydrogen-bond donors (Lipinski definition) is 1. The second-order valence-corrected chi connectivity index (χ2v) is 5.84. The van der Waals surface area contributed by atoms with Crippen molar-refractivity contribution < 1.29 is 9.53 Å². The van der Waals surface area contributed by atoms with Crippen LogP contribution in [-0.4, -0.2) is 52.4 Å². The molecule has 0 saturated carbocycles. The third-order valence-electron chi connectivity index (χ3n) is 4.11. The van der Waals surface area contributed by atoms with E-state index in [-0.39, 0.29) is 5.82 Å². The lowest BCUT2D eigenvalue weighted by molar-refractivity contribution is 0.101. The Kier molecular flexibility index (Phi) is 4.57. The van der Waals surface area contributed by atoms with Crippen molar-refractivity contribution in [1.29, 1.82) is 0 Å². The summed E-state index contributed by atoms with van der Waals surface area (Å²) in [5.41, 5.74) is 2.54. The number of rotatable bonds is 4. The van der Waals surface area contributed by atoms with E-state index in [4.69, 9.17) is 4.74 Å². The molecule has 0 radical (unpaired) electrons. The number of morpholine rings is 1. The van der Waals surface area contributed by atoms with Gasteiger partial charge < -0.3 is 15.0 Å². The molecule has 1 saturated heterocycles.